The summed E-state index contributed by atoms with van der Waals surface area (Å²) in [5.41, 5.74) is 3.59. The number of nitrogens with zero attached hydrogens (tertiary/aromatic N) is 3. The smallest absolute Gasteiger partial charge is 0.339 e. The van der Waals surface area contributed by atoms with Crippen molar-refractivity contribution in [2.75, 3.05) is 18.1 Å². The summed E-state index contributed by atoms with van der Waals surface area (Å²) < 4.78 is 31.3. The predicted octanol–water partition coefficient (Wildman–Crippen LogP) is 3.85. The van der Waals surface area contributed by atoms with Gasteiger partial charge in [-0.1, -0.05) is 36.4 Å². The average Bonchev–Trinajstić information content (AvgIpc) is 3.50. The number of rotatable bonds is 6. The molecule has 32 heavy (non-hydrogen) atoms. The molecule has 2 fully saturated rings. The predicted molar refractivity (Wildman–Crippen MR) is 122 cm³/mol. The summed E-state index contributed by atoms with van der Waals surface area (Å²) in [4.78, 5) is 17.8. The fraction of sp³-hybridized carbons (Fsp3) is 0.375. The molecule has 1 unspecified atom stereocenters. The van der Waals surface area contributed by atoms with E-state index < -0.39 is 15.8 Å². The molecule has 0 amide bonds. The van der Waals surface area contributed by atoms with Crippen LogP contribution in [0.2, 0.25) is 0 Å². The topological polar surface area (TPSA) is 91.1 Å². The van der Waals surface area contributed by atoms with Gasteiger partial charge in [0.05, 0.1) is 34.2 Å². The normalized spacial score (nSPS) is 20.2. The molecule has 0 bridgehead atoms. The van der Waals surface area contributed by atoms with Crippen LogP contribution in [0.5, 0.6) is 0 Å². The number of aromatic nitrogens is 3. The van der Waals surface area contributed by atoms with Crippen LogP contribution in [0.3, 0.4) is 0 Å². The second-order valence-corrected chi connectivity index (χ2v) is 10.8. The van der Waals surface area contributed by atoms with Gasteiger partial charge in [0.1, 0.15) is 6.61 Å². The zero-order valence-corrected chi connectivity index (χ0v) is 18.7. The van der Waals surface area contributed by atoms with E-state index in [0.29, 0.717) is 34.6 Å². The van der Waals surface area contributed by atoms with Crippen LogP contribution >= 0.6 is 0 Å². The van der Waals surface area contributed by atoms with Crippen molar-refractivity contribution in [3.63, 3.8) is 0 Å². The number of ether oxygens (including phenoxy) is 1. The Morgan fingerprint density at radius 2 is 2.00 bits per heavy atom. The van der Waals surface area contributed by atoms with E-state index in [1.165, 1.54) is 0 Å². The zero-order valence-electron chi connectivity index (χ0n) is 17.9. The van der Waals surface area contributed by atoms with Crippen LogP contribution in [0, 0.1) is 6.92 Å². The highest BCUT2D eigenvalue weighted by Crippen LogP contribution is 2.41. The molecule has 0 spiro atoms. The van der Waals surface area contributed by atoms with Crippen molar-refractivity contribution in [2.45, 2.75) is 38.1 Å². The highest BCUT2D eigenvalue weighted by Gasteiger charge is 2.34. The molecule has 3 aromatic rings. The molecule has 5 rings (SSSR count). The molecule has 1 saturated carbocycles. The molecule has 2 aromatic heterocycles. The number of carbonyl (C=O) groups excluding carboxylic acids is 1. The monoisotopic (exact) mass is 451 g/mol. The molecule has 1 aliphatic heterocycles. The van der Waals surface area contributed by atoms with Crippen LogP contribution in [0.25, 0.3) is 17.1 Å². The molecule has 8 heteroatoms. The molecular weight excluding hydrogens is 426 g/mol. The van der Waals surface area contributed by atoms with Gasteiger partial charge in [-0.2, -0.15) is 5.10 Å². The van der Waals surface area contributed by atoms with Crippen molar-refractivity contribution in [1.29, 1.82) is 0 Å². The standard InChI is InChI=1S/C24H25N3O4S/c1-16-22-20(24(28)31-12-5-8-17-6-3-2-4-7-17)14-21(18-9-10-18)25-23(22)27(26-16)19-11-13-32(29,30)15-19/h2-8,14,18-19H,9-13,15H2,1H3/b8-5+. The van der Waals surface area contributed by atoms with E-state index in [1.54, 1.807) is 4.68 Å². The van der Waals surface area contributed by atoms with Crippen molar-refractivity contribution >= 4 is 32.9 Å². The molecule has 166 valence electrons. The van der Waals surface area contributed by atoms with E-state index in [9.17, 15) is 13.2 Å². The Labute approximate surface area is 187 Å². The summed E-state index contributed by atoms with van der Waals surface area (Å²) in [6.45, 7) is 1.98. The highest BCUT2D eigenvalue weighted by atomic mass is 32.2. The number of hydrogen-bond donors (Lipinski definition) is 0. The van der Waals surface area contributed by atoms with Crippen molar-refractivity contribution in [1.82, 2.24) is 14.8 Å². The van der Waals surface area contributed by atoms with Crippen molar-refractivity contribution in [3.8, 4) is 0 Å². The second kappa shape index (κ2) is 8.16. The first-order chi connectivity index (χ1) is 15.4. The van der Waals surface area contributed by atoms with E-state index in [0.717, 1.165) is 24.1 Å². The molecule has 1 saturated heterocycles. The van der Waals surface area contributed by atoms with Gasteiger partial charge in [-0.3, -0.25) is 0 Å². The van der Waals surface area contributed by atoms with Gasteiger partial charge in [0.15, 0.2) is 15.5 Å². The summed E-state index contributed by atoms with van der Waals surface area (Å²) in [5, 5.41) is 5.25. The van der Waals surface area contributed by atoms with Gasteiger partial charge >= 0.3 is 5.97 Å². The lowest BCUT2D eigenvalue weighted by Crippen LogP contribution is -2.14. The Morgan fingerprint density at radius 1 is 1.22 bits per heavy atom. The lowest BCUT2D eigenvalue weighted by atomic mass is 10.1. The molecule has 1 atom stereocenters. The first-order valence-electron chi connectivity index (χ1n) is 10.9. The van der Waals surface area contributed by atoms with E-state index in [-0.39, 0.29) is 24.2 Å². The zero-order chi connectivity index (χ0) is 22.3. The minimum Gasteiger partial charge on any atom is -0.458 e. The van der Waals surface area contributed by atoms with Gasteiger partial charge in [0, 0.05) is 11.6 Å². The minimum absolute atomic E-state index is 0.0582. The molecule has 1 aromatic carbocycles. The summed E-state index contributed by atoms with van der Waals surface area (Å²) in [6.07, 6.45) is 6.31. The van der Waals surface area contributed by atoms with E-state index >= 15 is 0 Å². The molecule has 0 N–H and O–H groups in total. The molecule has 2 aliphatic rings. The maximum atomic E-state index is 13.0. The largest absolute Gasteiger partial charge is 0.458 e. The average molecular weight is 452 g/mol. The van der Waals surface area contributed by atoms with Crippen LogP contribution < -0.4 is 0 Å². The van der Waals surface area contributed by atoms with Gasteiger partial charge in [-0.05, 0) is 43.9 Å². The lowest BCUT2D eigenvalue weighted by molar-refractivity contribution is 0.0552. The van der Waals surface area contributed by atoms with Crippen LogP contribution in [-0.4, -0.2) is 47.3 Å². The Kier molecular flexibility index (Phi) is 5.33. The summed E-state index contributed by atoms with van der Waals surface area (Å²) >= 11 is 0. The van der Waals surface area contributed by atoms with Gasteiger partial charge in [0.2, 0.25) is 0 Å². The second-order valence-electron chi connectivity index (χ2n) is 8.57. The third kappa shape index (κ3) is 4.19. The summed E-state index contributed by atoms with van der Waals surface area (Å²) in [6, 6.07) is 11.4. The van der Waals surface area contributed by atoms with E-state index in [4.69, 9.17) is 9.72 Å². The maximum Gasteiger partial charge on any atom is 0.339 e. The van der Waals surface area contributed by atoms with Crippen LogP contribution in [0.1, 0.15) is 58.5 Å². The molecule has 0 radical (unpaired) electrons. The number of sulfone groups is 1. The Hall–Kier alpha value is -3.00. The lowest BCUT2D eigenvalue weighted by Gasteiger charge is -2.11. The number of benzene rings is 1. The van der Waals surface area contributed by atoms with Gasteiger partial charge in [0.25, 0.3) is 0 Å². The number of pyridine rings is 1. The summed E-state index contributed by atoms with van der Waals surface area (Å²) in [7, 11) is -3.07. The molecule has 1 aliphatic carbocycles. The van der Waals surface area contributed by atoms with Gasteiger partial charge in [-0.25, -0.2) is 22.9 Å². The van der Waals surface area contributed by atoms with Crippen LogP contribution in [0.4, 0.5) is 0 Å². The summed E-state index contributed by atoms with van der Waals surface area (Å²) in [5.74, 6) is 0.129. The Balaban J connectivity index is 1.45. The number of hydrogen-bond acceptors (Lipinski definition) is 6. The van der Waals surface area contributed by atoms with Crippen molar-refractivity contribution in [3.05, 3.63) is 65.0 Å². The first-order valence-corrected chi connectivity index (χ1v) is 12.7. The van der Waals surface area contributed by atoms with E-state index in [1.807, 2.05) is 55.5 Å². The number of aryl methyl sites for hydroxylation is 1. The van der Waals surface area contributed by atoms with Crippen molar-refractivity contribution < 1.29 is 17.9 Å². The van der Waals surface area contributed by atoms with E-state index in [2.05, 4.69) is 5.10 Å². The SMILES string of the molecule is Cc1nn(C2CCS(=O)(=O)C2)c2nc(C3CC3)cc(C(=O)OC/C=C/c3ccccc3)c12. The molecule has 3 heterocycles. The Bertz CT molecular complexity index is 1310. The highest BCUT2D eigenvalue weighted by molar-refractivity contribution is 7.91. The van der Waals surface area contributed by atoms with Gasteiger partial charge < -0.3 is 4.74 Å². The first kappa shape index (κ1) is 20.9. The maximum absolute atomic E-state index is 13.0. The third-order valence-electron chi connectivity index (χ3n) is 6.05. The van der Waals surface area contributed by atoms with Crippen molar-refractivity contribution in [2.24, 2.45) is 0 Å². The molecular formula is C24H25N3O4S. The fourth-order valence-corrected chi connectivity index (χ4v) is 5.95. The Morgan fingerprint density at radius 3 is 2.69 bits per heavy atom. The van der Waals surface area contributed by atoms with Crippen LogP contribution in [-0.2, 0) is 14.6 Å². The quantitative estimate of drug-likeness (QED) is 0.529. The third-order valence-corrected chi connectivity index (χ3v) is 7.80. The number of esters is 1. The fourth-order valence-electron chi connectivity index (χ4n) is 4.25. The van der Waals surface area contributed by atoms with Gasteiger partial charge in [-0.15, -0.1) is 0 Å². The molecule has 7 nitrogen and oxygen atoms in total. The minimum atomic E-state index is -3.07. The number of fused-ring (bicyclic) bond motifs is 1. The number of carbonyl (C=O) groups is 1. The van der Waals surface area contributed by atoms with Crippen LogP contribution in [0.15, 0.2) is 42.5 Å².